The number of nitriles is 2. The van der Waals surface area contributed by atoms with Crippen molar-refractivity contribution in [3.63, 3.8) is 0 Å². The van der Waals surface area contributed by atoms with E-state index in [-0.39, 0.29) is 6.10 Å². The molecule has 0 amide bonds. The van der Waals surface area contributed by atoms with Gasteiger partial charge in [-0.05, 0) is 12.8 Å². The number of rotatable bonds is 2. The molecule has 6 heteroatoms. The zero-order chi connectivity index (χ0) is 13.1. The molecule has 2 N–H and O–H groups in total. The maximum absolute atomic E-state index is 9.17. The molecule has 1 fully saturated rings. The minimum absolute atomic E-state index is 0.180. The summed E-state index contributed by atoms with van der Waals surface area (Å²) in [7, 11) is 1.70. The van der Waals surface area contributed by atoms with Crippen molar-refractivity contribution in [1.82, 2.24) is 0 Å². The van der Waals surface area contributed by atoms with Gasteiger partial charge in [-0.25, -0.2) is 0 Å². The third-order valence-electron chi connectivity index (χ3n) is 3.14. The zero-order valence-electron chi connectivity index (χ0n) is 10.1. The molecule has 0 aliphatic carbocycles. The molecular formula is C12H14N4OS. The highest BCUT2D eigenvalue weighted by molar-refractivity contribution is 7.17. The summed E-state index contributed by atoms with van der Waals surface area (Å²) >= 11 is 1.29. The Balaban J connectivity index is 2.34. The highest BCUT2D eigenvalue weighted by atomic mass is 32.1. The number of piperidine rings is 1. The highest BCUT2D eigenvalue weighted by Gasteiger charge is 2.25. The zero-order valence-corrected chi connectivity index (χ0v) is 11.0. The molecule has 1 aliphatic heterocycles. The van der Waals surface area contributed by atoms with Crippen LogP contribution in [0.2, 0.25) is 0 Å². The average Bonchev–Trinajstić information content (AvgIpc) is 2.75. The average molecular weight is 262 g/mol. The molecule has 18 heavy (non-hydrogen) atoms. The van der Waals surface area contributed by atoms with Gasteiger partial charge in [0.25, 0.3) is 0 Å². The van der Waals surface area contributed by atoms with Crippen LogP contribution in [0, 0.1) is 22.7 Å². The largest absolute Gasteiger partial charge is 0.396 e. The van der Waals surface area contributed by atoms with Crippen LogP contribution in [-0.2, 0) is 4.74 Å². The third kappa shape index (κ3) is 2.13. The lowest BCUT2D eigenvalue weighted by molar-refractivity contribution is 0.0895. The van der Waals surface area contributed by atoms with E-state index in [0.717, 1.165) is 30.9 Å². The van der Waals surface area contributed by atoms with E-state index in [1.54, 1.807) is 7.11 Å². The number of methoxy groups -OCH3 is 1. The molecule has 5 nitrogen and oxygen atoms in total. The topological polar surface area (TPSA) is 86.1 Å². The lowest BCUT2D eigenvalue weighted by atomic mass is 10.1. The van der Waals surface area contributed by atoms with E-state index in [9.17, 15) is 5.26 Å². The quantitative estimate of drug-likeness (QED) is 0.876. The molecule has 2 heterocycles. The Bertz CT molecular complexity index is 525. The first-order chi connectivity index (χ1) is 8.71. The second-order valence-corrected chi connectivity index (χ2v) is 5.19. The van der Waals surface area contributed by atoms with Crippen molar-refractivity contribution < 1.29 is 4.74 Å². The molecule has 0 bridgehead atoms. The molecule has 0 radical (unpaired) electrons. The first-order valence-electron chi connectivity index (χ1n) is 5.71. The van der Waals surface area contributed by atoms with Crippen LogP contribution >= 0.6 is 11.3 Å². The lowest BCUT2D eigenvalue weighted by Gasteiger charge is -2.32. The van der Waals surface area contributed by atoms with Crippen molar-refractivity contribution in [1.29, 1.82) is 10.5 Å². The number of nitrogens with two attached hydrogens (primary N) is 1. The first-order valence-corrected chi connectivity index (χ1v) is 6.53. The van der Waals surface area contributed by atoms with Crippen molar-refractivity contribution >= 4 is 22.0 Å². The Morgan fingerprint density at radius 3 is 2.83 bits per heavy atom. The predicted molar refractivity (Wildman–Crippen MR) is 70.4 cm³/mol. The molecular weight excluding hydrogens is 248 g/mol. The van der Waals surface area contributed by atoms with Crippen molar-refractivity contribution in [3.8, 4) is 12.1 Å². The third-order valence-corrected chi connectivity index (χ3v) is 4.31. The van der Waals surface area contributed by atoms with E-state index < -0.39 is 0 Å². The van der Waals surface area contributed by atoms with Crippen LogP contribution in [0.3, 0.4) is 0 Å². The summed E-state index contributed by atoms with van der Waals surface area (Å²) in [5.74, 6) is 0. The molecule has 1 atom stereocenters. The Kier molecular flexibility index (Phi) is 3.71. The van der Waals surface area contributed by atoms with Gasteiger partial charge in [-0.1, -0.05) is 0 Å². The molecule has 2 rings (SSSR count). The number of thiophene rings is 1. The van der Waals surface area contributed by atoms with Gasteiger partial charge in [0.1, 0.15) is 27.6 Å². The van der Waals surface area contributed by atoms with Crippen LogP contribution in [0.1, 0.15) is 23.3 Å². The van der Waals surface area contributed by atoms with E-state index in [1.165, 1.54) is 11.3 Å². The van der Waals surface area contributed by atoms with Crippen LogP contribution in [0.25, 0.3) is 0 Å². The normalized spacial score (nSPS) is 19.3. The number of anilines is 2. The van der Waals surface area contributed by atoms with Crippen molar-refractivity contribution in [2.75, 3.05) is 30.8 Å². The van der Waals surface area contributed by atoms with Gasteiger partial charge in [0, 0.05) is 20.2 Å². The van der Waals surface area contributed by atoms with Crippen LogP contribution in [0.4, 0.5) is 10.7 Å². The fraction of sp³-hybridized carbons (Fsp3) is 0.500. The molecule has 1 saturated heterocycles. The Labute approximate surface area is 110 Å². The first kappa shape index (κ1) is 12.7. The number of nitrogen functional groups attached to an aromatic ring is 1. The van der Waals surface area contributed by atoms with E-state index in [2.05, 4.69) is 11.0 Å². The molecule has 1 unspecified atom stereocenters. The van der Waals surface area contributed by atoms with Gasteiger partial charge in [-0.15, -0.1) is 11.3 Å². The minimum Gasteiger partial charge on any atom is -0.396 e. The summed E-state index contributed by atoms with van der Waals surface area (Å²) in [6.45, 7) is 1.62. The number of nitrogens with zero attached hydrogens (tertiary/aromatic N) is 3. The summed E-state index contributed by atoms with van der Waals surface area (Å²) in [6.07, 6.45) is 2.23. The SMILES string of the molecule is COC1CCCN(c2sc(C#N)c(N)c2C#N)C1. The van der Waals surface area contributed by atoms with Crippen molar-refractivity contribution in [3.05, 3.63) is 10.4 Å². The van der Waals surface area contributed by atoms with Crippen LogP contribution in [-0.4, -0.2) is 26.3 Å². The van der Waals surface area contributed by atoms with E-state index in [4.69, 9.17) is 15.7 Å². The number of ether oxygens (including phenoxy) is 1. The van der Waals surface area contributed by atoms with E-state index in [1.807, 2.05) is 6.07 Å². The Morgan fingerprint density at radius 2 is 2.22 bits per heavy atom. The van der Waals surface area contributed by atoms with Crippen molar-refractivity contribution in [2.24, 2.45) is 0 Å². The molecule has 1 aromatic heterocycles. The number of hydrogen-bond donors (Lipinski definition) is 1. The summed E-state index contributed by atoms with van der Waals surface area (Å²) in [6, 6.07) is 4.14. The fourth-order valence-corrected chi connectivity index (χ4v) is 3.16. The summed E-state index contributed by atoms with van der Waals surface area (Å²) < 4.78 is 5.36. The Morgan fingerprint density at radius 1 is 1.44 bits per heavy atom. The van der Waals surface area contributed by atoms with Crippen LogP contribution < -0.4 is 10.6 Å². The Hall–Kier alpha value is -1.76. The molecule has 0 aromatic carbocycles. The molecule has 0 saturated carbocycles. The van der Waals surface area contributed by atoms with Crippen LogP contribution in [0.5, 0.6) is 0 Å². The summed E-state index contributed by atoms with van der Waals surface area (Å²) in [4.78, 5) is 2.51. The predicted octanol–water partition coefficient (Wildman–Crippen LogP) is 1.69. The monoisotopic (exact) mass is 262 g/mol. The van der Waals surface area contributed by atoms with Gasteiger partial charge in [0.2, 0.25) is 0 Å². The second-order valence-electron chi connectivity index (χ2n) is 4.19. The maximum atomic E-state index is 9.17. The second kappa shape index (κ2) is 5.26. The summed E-state index contributed by atoms with van der Waals surface area (Å²) in [5, 5.41) is 18.9. The molecule has 1 aliphatic rings. The molecule has 0 spiro atoms. The van der Waals surface area contributed by atoms with Crippen molar-refractivity contribution in [2.45, 2.75) is 18.9 Å². The van der Waals surface area contributed by atoms with Gasteiger partial charge >= 0.3 is 0 Å². The summed E-state index contributed by atoms with van der Waals surface area (Å²) in [5.41, 5.74) is 6.54. The van der Waals surface area contributed by atoms with Gasteiger partial charge in [-0.2, -0.15) is 10.5 Å². The van der Waals surface area contributed by atoms with E-state index >= 15 is 0 Å². The van der Waals surface area contributed by atoms with Gasteiger partial charge in [-0.3, -0.25) is 0 Å². The number of hydrogen-bond acceptors (Lipinski definition) is 6. The molecule has 94 valence electrons. The highest BCUT2D eigenvalue weighted by Crippen LogP contribution is 2.38. The van der Waals surface area contributed by atoms with Crippen LogP contribution in [0.15, 0.2) is 0 Å². The maximum Gasteiger partial charge on any atom is 0.131 e. The van der Waals surface area contributed by atoms with E-state index in [0.29, 0.717) is 16.1 Å². The fourth-order valence-electron chi connectivity index (χ4n) is 2.16. The van der Waals surface area contributed by atoms with Gasteiger partial charge < -0.3 is 15.4 Å². The smallest absolute Gasteiger partial charge is 0.131 e. The molecule has 1 aromatic rings. The van der Waals surface area contributed by atoms with Gasteiger partial charge in [0.05, 0.1) is 11.8 Å². The standard InChI is InChI=1S/C12H14N4OS/c1-17-8-3-2-4-16(7-8)12-9(5-13)11(15)10(6-14)18-12/h8H,2-4,7,15H2,1H3. The minimum atomic E-state index is 0.180. The lowest BCUT2D eigenvalue weighted by Crippen LogP contribution is -2.39. The van der Waals surface area contributed by atoms with Gasteiger partial charge in [0.15, 0.2) is 0 Å².